The van der Waals surface area contributed by atoms with Gasteiger partial charge in [0, 0.05) is 0 Å². The van der Waals surface area contributed by atoms with Gasteiger partial charge < -0.3 is 13.6 Å². The first-order chi connectivity index (χ1) is 11.8. The minimum Gasteiger partial charge on any atom is -0.399 e. The van der Waals surface area contributed by atoms with Gasteiger partial charge in [0.2, 0.25) is 0 Å². The Kier molecular flexibility index (Phi) is 8.39. The molecule has 2 rings (SSSR count). The summed E-state index contributed by atoms with van der Waals surface area (Å²) in [4.78, 5) is 10.7. The van der Waals surface area contributed by atoms with Crippen LogP contribution in [-0.2, 0) is 24.4 Å². The first-order valence-electron chi connectivity index (χ1n) is 9.01. The minimum absolute atomic E-state index is 0.242. The van der Waals surface area contributed by atoms with Gasteiger partial charge in [0.05, 0.1) is 6.61 Å². The highest BCUT2D eigenvalue weighted by Crippen LogP contribution is 2.12. The van der Waals surface area contributed by atoms with Gasteiger partial charge in [-0.15, -0.1) is 0 Å². The first-order valence-corrected chi connectivity index (χ1v) is 9.01. The summed E-state index contributed by atoms with van der Waals surface area (Å²) in [5.41, 5.74) is 2.50. The van der Waals surface area contributed by atoms with Gasteiger partial charge in [-0.1, -0.05) is 69.7 Å². The van der Waals surface area contributed by atoms with Gasteiger partial charge in [-0.05, 0) is 24.0 Å². The Morgan fingerprint density at radius 2 is 1.54 bits per heavy atom. The maximum atomic E-state index is 10.7. The molecule has 2 aromatic rings. The largest absolute Gasteiger partial charge is 0.518 e. The number of hydrogen-bond donors (Lipinski definition) is 0. The van der Waals surface area contributed by atoms with Crippen LogP contribution in [-0.4, -0.2) is 0 Å². The lowest BCUT2D eigenvalue weighted by molar-refractivity contribution is 0.0919. The molecule has 0 saturated heterocycles. The summed E-state index contributed by atoms with van der Waals surface area (Å²) in [5.74, 6) is -0.279. The normalized spacial score (nSPS) is 11.0. The van der Waals surface area contributed by atoms with Crippen molar-refractivity contribution in [3.8, 4) is 0 Å². The average molecular weight is 332 g/mol. The van der Waals surface area contributed by atoms with Gasteiger partial charge in [-0.3, -0.25) is 0 Å². The molecule has 132 valence electrons. The fourth-order valence-corrected chi connectivity index (χ4v) is 2.69. The van der Waals surface area contributed by atoms with E-state index in [1.807, 2.05) is 0 Å². The minimum atomic E-state index is -0.691. The molecule has 0 bridgehead atoms. The molecule has 1 heterocycles. The van der Waals surface area contributed by atoms with E-state index in [1.54, 1.807) is 0 Å². The van der Waals surface area contributed by atoms with Gasteiger partial charge in [0.15, 0.2) is 5.76 Å². The lowest BCUT2D eigenvalue weighted by Gasteiger charge is -2.05. The molecule has 0 saturated carbocycles. The summed E-state index contributed by atoms with van der Waals surface area (Å²) in [6.45, 7) is 2.99. The van der Waals surface area contributed by atoms with Crippen molar-refractivity contribution in [2.24, 2.45) is 0 Å². The van der Waals surface area contributed by atoms with Crippen molar-refractivity contribution in [3.63, 3.8) is 0 Å². The Balaban J connectivity index is 1.59. The molecule has 0 N–H and O–H groups in total. The molecule has 24 heavy (non-hydrogen) atoms. The second-order valence-corrected chi connectivity index (χ2v) is 6.23. The van der Waals surface area contributed by atoms with Crippen LogP contribution in [0, 0.1) is 0 Å². The predicted octanol–water partition coefficient (Wildman–Crippen LogP) is 5.24. The molecule has 4 nitrogen and oxygen atoms in total. The van der Waals surface area contributed by atoms with Crippen LogP contribution in [0.1, 0.15) is 68.8 Å². The Hall–Kier alpha value is -1.81. The van der Waals surface area contributed by atoms with Gasteiger partial charge in [-0.2, -0.15) is 0 Å². The number of ether oxygens (including phenoxy) is 1. The standard InChI is InChI=1S/C20H28O4/c1-2-3-4-5-6-7-8-9-17-10-12-18(13-11-17)14-22-15-19-16-23-20(21)24-19/h10-13,16H,2-9,14-15H2,1H3. The molecule has 0 aliphatic rings. The van der Waals surface area contributed by atoms with Crippen LogP contribution in [0.2, 0.25) is 0 Å². The van der Waals surface area contributed by atoms with E-state index >= 15 is 0 Å². The van der Waals surface area contributed by atoms with Crippen LogP contribution < -0.4 is 5.82 Å². The van der Waals surface area contributed by atoms with E-state index in [1.165, 1.54) is 56.8 Å². The van der Waals surface area contributed by atoms with Crippen molar-refractivity contribution < 1.29 is 13.6 Å². The summed E-state index contributed by atoms with van der Waals surface area (Å²) in [5, 5.41) is 0. The van der Waals surface area contributed by atoms with Crippen molar-refractivity contribution in [3.05, 3.63) is 58.0 Å². The molecular weight excluding hydrogens is 304 g/mol. The summed E-state index contributed by atoms with van der Waals surface area (Å²) in [6, 6.07) is 8.55. The van der Waals surface area contributed by atoms with E-state index in [2.05, 4.69) is 35.6 Å². The molecule has 0 aliphatic carbocycles. The van der Waals surface area contributed by atoms with E-state index < -0.39 is 5.82 Å². The Labute approximate surface area is 143 Å². The lowest BCUT2D eigenvalue weighted by Crippen LogP contribution is -1.95. The maximum Gasteiger partial charge on any atom is 0.518 e. The first kappa shape index (κ1) is 18.5. The maximum absolute atomic E-state index is 10.7. The molecule has 0 aliphatic heterocycles. The van der Waals surface area contributed by atoms with E-state index in [0.29, 0.717) is 12.4 Å². The highest BCUT2D eigenvalue weighted by Gasteiger charge is 2.02. The van der Waals surface area contributed by atoms with Crippen molar-refractivity contribution in [2.45, 2.75) is 71.5 Å². The van der Waals surface area contributed by atoms with Gasteiger partial charge >= 0.3 is 5.82 Å². The van der Waals surface area contributed by atoms with Crippen molar-refractivity contribution >= 4 is 0 Å². The molecule has 4 heteroatoms. The second kappa shape index (κ2) is 10.9. The van der Waals surface area contributed by atoms with Crippen LogP contribution in [0.5, 0.6) is 0 Å². The molecular formula is C20H28O4. The van der Waals surface area contributed by atoms with E-state index in [-0.39, 0.29) is 6.61 Å². The van der Waals surface area contributed by atoms with Gasteiger partial charge in [0.1, 0.15) is 12.9 Å². The number of rotatable bonds is 12. The van der Waals surface area contributed by atoms with Crippen molar-refractivity contribution in [1.29, 1.82) is 0 Å². The summed E-state index contributed by atoms with van der Waals surface area (Å²) in [6.07, 6.45) is 11.8. The summed E-state index contributed by atoms with van der Waals surface area (Å²) >= 11 is 0. The zero-order valence-corrected chi connectivity index (χ0v) is 14.6. The monoisotopic (exact) mass is 332 g/mol. The topological polar surface area (TPSA) is 52.6 Å². The number of aryl methyl sites for hydroxylation is 1. The predicted molar refractivity (Wildman–Crippen MR) is 93.9 cm³/mol. The molecule has 0 amide bonds. The fourth-order valence-electron chi connectivity index (χ4n) is 2.69. The van der Waals surface area contributed by atoms with E-state index in [0.717, 1.165) is 12.0 Å². The van der Waals surface area contributed by atoms with Crippen LogP contribution >= 0.6 is 0 Å². The third-order valence-corrected chi connectivity index (χ3v) is 4.11. The molecule has 0 radical (unpaired) electrons. The number of unbranched alkanes of at least 4 members (excludes halogenated alkanes) is 6. The molecule has 0 unspecified atom stereocenters. The quantitative estimate of drug-likeness (QED) is 0.499. The summed E-state index contributed by atoms with van der Waals surface area (Å²) < 4.78 is 14.8. The highest BCUT2D eigenvalue weighted by atomic mass is 16.6. The van der Waals surface area contributed by atoms with Crippen molar-refractivity contribution in [1.82, 2.24) is 0 Å². The third-order valence-electron chi connectivity index (χ3n) is 4.11. The molecule has 0 atom stereocenters. The smallest absolute Gasteiger partial charge is 0.399 e. The molecule has 0 fully saturated rings. The van der Waals surface area contributed by atoms with Gasteiger partial charge in [-0.25, -0.2) is 4.79 Å². The Morgan fingerprint density at radius 3 is 2.21 bits per heavy atom. The highest BCUT2D eigenvalue weighted by molar-refractivity contribution is 5.22. The summed E-state index contributed by atoms with van der Waals surface area (Å²) in [7, 11) is 0. The zero-order chi connectivity index (χ0) is 17.0. The molecule has 1 aromatic carbocycles. The Bertz CT molecular complexity index is 609. The van der Waals surface area contributed by atoms with Crippen LogP contribution in [0.25, 0.3) is 0 Å². The van der Waals surface area contributed by atoms with Gasteiger partial charge in [0.25, 0.3) is 0 Å². The molecule has 0 spiro atoms. The zero-order valence-electron chi connectivity index (χ0n) is 14.6. The molecule has 1 aromatic heterocycles. The second-order valence-electron chi connectivity index (χ2n) is 6.23. The lowest BCUT2D eigenvalue weighted by atomic mass is 10.0. The Morgan fingerprint density at radius 1 is 0.875 bits per heavy atom. The van der Waals surface area contributed by atoms with Crippen molar-refractivity contribution in [2.75, 3.05) is 0 Å². The number of hydrogen-bond acceptors (Lipinski definition) is 4. The van der Waals surface area contributed by atoms with Crippen LogP contribution in [0.4, 0.5) is 0 Å². The van der Waals surface area contributed by atoms with Crippen LogP contribution in [0.3, 0.4) is 0 Å². The van der Waals surface area contributed by atoms with E-state index in [9.17, 15) is 4.79 Å². The average Bonchev–Trinajstić information content (AvgIpc) is 3.01. The van der Waals surface area contributed by atoms with Crippen LogP contribution in [0.15, 0.2) is 44.2 Å². The van der Waals surface area contributed by atoms with E-state index in [4.69, 9.17) is 9.15 Å². The number of benzene rings is 1. The SMILES string of the molecule is CCCCCCCCCc1ccc(COCc2coc(=O)o2)cc1. The third kappa shape index (κ3) is 7.18. The fraction of sp³-hybridized carbons (Fsp3) is 0.550.